The van der Waals surface area contributed by atoms with Gasteiger partial charge in [-0.15, -0.1) is 12.4 Å². The minimum atomic E-state index is -3.52. The van der Waals surface area contributed by atoms with Crippen molar-refractivity contribution in [3.63, 3.8) is 0 Å². The second-order valence-corrected chi connectivity index (χ2v) is 7.28. The molecule has 1 aliphatic rings. The molecule has 0 saturated carbocycles. The first-order chi connectivity index (χ1) is 9.95. The first-order valence-electron chi connectivity index (χ1n) is 7.05. The number of benzene rings is 1. The fourth-order valence-corrected chi connectivity index (χ4v) is 4.21. The molecule has 1 aromatic carbocycles. The molecule has 1 heterocycles. The van der Waals surface area contributed by atoms with Gasteiger partial charge < -0.3 is 11.5 Å². The van der Waals surface area contributed by atoms with Crippen molar-refractivity contribution in [3.05, 3.63) is 29.8 Å². The number of carbonyl (C=O) groups excluding carboxylic acids is 1. The number of nitrogens with two attached hydrogens (primary N) is 2. The van der Waals surface area contributed by atoms with Gasteiger partial charge in [-0.05, 0) is 56.0 Å². The van der Waals surface area contributed by atoms with Crippen molar-refractivity contribution in [2.45, 2.75) is 24.2 Å². The first kappa shape index (κ1) is 18.9. The molecule has 0 radical (unpaired) electrons. The summed E-state index contributed by atoms with van der Waals surface area (Å²) < 4.78 is 26.7. The lowest BCUT2D eigenvalue weighted by Gasteiger charge is -2.31. The summed E-state index contributed by atoms with van der Waals surface area (Å²) in [5.74, 6) is -0.247. The molecule has 8 heteroatoms. The number of nitrogens with zero attached hydrogens (tertiary/aromatic N) is 1. The molecule has 0 aliphatic carbocycles. The van der Waals surface area contributed by atoms with Gasteiger partial charge in [0.15, 0.2) is 0 Å². The van der Waals surface area contributed by atoms with E-state index in [1.54, 1.807) is 0 Å². The maximum absolute atomic E-state index is 12.6. The van der Waals surface area contributed by atoms with E-state index in [-0.39, 0.29) is 17.3 Å². The monoisotopic (exact) mass is 347 g/mol. The predicted octanol–water partition coefficient (Wildman–Crippen LogP) is 0.957. The van der Waals surface area contributed by atoms with Crippen molar-refractivity contribution in [2.75, 3.05) is 19.6 Å². The Morgan fingerprint density at radius 1 is 1.27 bits per heavy atom. The Morgan fingerprint density at radius 3 is 2.45 bits per heavy atom. The molecule has 0 spiro atoms. The summed E-state index contributed by atoms with van der Waals surface area (Å²) in [5.41, 5.74) is 11.0. The zero-order valence-electron chi connectivity index (χ0n) is 12.3. The van der Waals surface area contributed by atoms with Gasteiger partial charge in [0.05, 0.1) is 4.90 Å². The molecule has 1 aliphatic heterocycles. The molecule has 1 saturated heterocycles. The molecule has 6 nitrogen and oxygen atoms in total. The lowest BCUT2D eigenvalue weighted by Crippen LogP contribution is -2.40. The van der Waals surface area contributed by atoms with Gasteiger partial charge in [-0.2, -0.15) is 4.31 Å². The highest BCUT2D eigenvalue weighted by molar-refractivity contribution is 7.89. The molecule has 1 fully saturated rings. The zero-order chi connectivity index (χ0) is 15.5. The van der Waals surface area contributed by atoms with Crippen LogP contribution in [-0.4, -0.2) is 38.3 Å². The van der Waals surface area contributed by atoms with Crippen LogP contribution in [0.4, 0.5) is 0 Å². The van der Waals surface area contributed by atoms with E-state index in [4.69, 9.17) is 11.5 Å². The number of rotatable bonds is 5. The molecule has 0 bridgehead atoms. The third-order valence-electron chi connectivity index (χ3n) is 3.83. The first-order valence-corrected chi connectivity index (χ1v) is 8.49. The van der Waals surface area contributed by atoms with E-state index in [2.05, 4.69) is 0 Å². The summed E-state index contributed by atoms with van der Waals surface area (Å²) >= 11 is 0. The van der Waals surface area contributed by atoms with Gasteiger partial charge in [0.1, 0.15) is 0 Å². The van der Waals surface area contributed by atoms with Crippen molar-refractivity contribution < 1.29 is 13.2 Å². The molecular weight excluding hydrogens is 326 g/mol. The zero-order valence-corrected chi connectivity index (χ0v) is 13.9. The molecule has 4 N–H and O–H groups in total. The lowest BCUT2D eigenvalue weighted by atomic mass is 9.96. The smallest absolute Gasteiger partial charge is 0.248 e. The van der Waals surface area contributed by atoms with Crippen LogP contribution in [0, 0.1) is 5.92 Å². The predicted molar refractivity (Wildman–Crippen MR) is 87.4 cm³/mol. The summed E-state index contributed by atoms with van der Waals surface area (Å²) in [4.78, 5) is 11.2. The van der Waals surface area contributed by atoms with Crippen LogP contribution in [0.25, 0.3) is 0 Å². The summed E-state index contributed by atoms with van der Waals surface area (Å²) in [7, 11) is -3.52. The van der Waals surface area contributed by atoms with Crippen LogP contribution in [0.3, 0.4) is 0 Å². The van der Waals surface area contributed by atoms with Crippen LogP contribution < -0.4 is 11.5 Å². The van der Waals surface area contributed by atoms with E-state index in [0.717, 1.165) is 19.3 Å². The van der Waals surface area contributed by atoms with Gasteiger partial charge in [0, 0.05) is 18.7 Å². The van der Waals surface area contributed by atoms with Crippen molar-refractivity contribution in [1.29, 1.82) is 0 Å². The van der Waals surface area contributed by atoms with E-state index in [1.165, 1.54) is 28.6 Å². The fourth-order valence-electron chi connectivity index (χ4n) is 2.66. The number of sulfonamides is 1. The van der Waals surface area contributed by atoms with Crippen molar-refractivity contribution in [3.8, 4) is 0 Å². The Kier molecular flexibility index (Phi) is 6.80. The minimum absolute atomic E-state index is 0. The second kappa shape index (κ2) is 7.92. The van der Waals surface area contributed by atoms with Gasteiger partial charge in [-0.1, -0.05) is 0 Å². The average molecular weight is 348 g/mol. The van der Waals surface area contributed by atoms with Crippen molar-refractivity contribution >= 4 is 28.3 Å². The Hall–Kier alpha value is -1.15. The summed E-state index contributed by atoms with van der Waals surface area (Å²) in [6.07, 6.45) is 2.71. The van der Waals surface area contributed by atoms with E-state index in [1.807, 2.05) is 0 Å². The molecule has 22 heavy (non-hydrogen) atoms. The van der Waals surface area contributed by atoms with Gasteiger partial charge >= 0.3 is 0 Å². The van der Waals surface area contributed by atoms with Crippen LogP contribution in [-0.2, 0) is 10.0 Å². The molecular formula is C14H22ClN3O3S. The lowest BCUT2D eigenvalue weighted by molar-refractivity contribution is 0.1000. The largest absolute Gasteiger partial charge is 0.366 e. The quantitative estimate of drug-likeness (QED) is 0.827. The van der Waals surface area contributed by atoms with E-state index in [9.17, 15) is 13.2 Å². The third kappa shape index (κ3) is 4.19. The molecule has 124 valence electrons. The minimum Gasteiger partial charge on any atom is -0.366 e. The Morgan fingerprint density at radius 2 is 1.91 bits per heavy atom. The van der Waals surface area contributed by atoms with Gasteiger partial charge in [-0.3, -0.25) is 4.79 Å². The number of piperidine rings is 1. The SMILES string of the molecule is Cl.NCCC1CCCN(S(=O)(=O)c2ccc(C(N)=O)cc2)C1. The highest BCUT2D eigenvalue weighted by atomic mass is 35.5. The number of carbonyl (C=O) groups is 1. The molecule has 1 atom stereocenters. The molecule has 2 rings (SSSR count). The average Bonchev–Trinajstić information content (AvgIpc) is 2.48. The van der Waals surface area contributed by atoms with Gasteiger partial charge in [0.25, 0.3) is 0 Å². The molecule has 0 aromatic heterocycles. The number of halogens is 1. The van der Waals surface area contributed by atoms with Gasteiger partial charge in [-0.25, -0.2) is 8.42 Å². The molecule has 1 amide bonds. The maximum Gasteiger partial charge on any atom is 0.248 e. The standard InChI is InChI=1S/C14H21N3O3S.ClH/c15-8-7-11-2-1-9-17(10-11)21(19,20)13-5-3-12(4-6-13)14(16)18;/h3-6,11H,1-2,7-10,15H2,(H2,16,18);1H. The molecule has 1 unspecified atom stereocenters. The second-order valence-electron chi connectivity index (χ2n) is 5.34. The highest BCUT2D eigenvalue weighted by Crippen LogP contribution is 2.25. The van der Waals surface area contributed by atoms with Crippen molar-refractivity contribution in [2.24, 2.45) is 17.4 Å². The van der Waals surface area contributed by atoms with Gasteiger partial charge in [0.2, 0.25) is 15.9 Å². The van der Waals surface area contributed by atoms with Crippen LogP contribution >= 0.6 is 12.4 Å². The molecule has 1 aromatic rings. The number of hydrogen-bond donors (Lipinski definition) is 2. The number of primary amides is 1. The normalized spacial score (nSPS) is 19.4. The number of hydrogen-bond acceptors (Lipinski definition) is 4. The third-order valence-corrected chi connectivity index (χ3v) is 5.71. The summed E-state index contributed by atoms with van der Waals surface area (Å²) in [5, 5.41) is 0. The Bertz CT molecular complexity index is 602. The maximum atomic E-state index is 12.6. The van der Waals surface area contributed by atoms with E-state index >= 15 is 0 Å². The van der Waals surface area contributed by atoms with Crippen LogP contribution in [0.15, 0.2) is 29.2 Å². The Balaban J connectivity index is 0.00000242. The van der Waals surface area contributed by atoms with Crippen LogP contribution in [0.1, 0.15) is 29.6 Å². The van der Waals surface area contributed by atoms with Crippen LogP contribution in [0.5, 0.6) is 0 Å². The summed E-state index contributed by atoms with van der Waals surface area (Å²) in [6, 6.07) is 5.75. The fraction of sp³-hybridized carbons (Fsp3) is 0.500. The van der Waals surface area contributed by atoms with Crippen molar-refractivity contribution in [1.82, 2.24) is 4.31 Å². The highest BCUT2D eigenvalue weighted by Gasteiger charge is 2.29. The number of amides is 1. The van der Waals surface area contributed by atoms with E-state index in [0.29, 0.717) is 31.1 Å². The van der Waals surface area contributed by atoms with E-state index < -0.39 is 15.9 Å². The topological polar surface area (TPSA) is 106 Å². The Labute approximate surface area is 137 Å². The summed E-state index contributed by atoms with van der Waals surface area (Å²) in [6.45, 7) is 1.62. The van der Waals surface area contributed by atoms with Crippen LogP contribution in [0.2, 0.25) is 0 Å².